The van der Waals surface area contributed by atoms with Crippen molar-refractivity contribution in [2.45, 2.75) is 51.4 Å². The summed E-state index contributed by atoms with van der Waals surface area (Å²) < 4.78 is 29.3. The summed E-state index contributed by atoms with van der Waals surface area (Å²) in [6.45, 7) is 2.64. The normalized spacial score (nSPS) is 30.6. The lowest BCUT2D eigenvalue weighted by molar-refractivity contribution is -0.0503. The van der Waals surface area contributed by atoms with Crippen molar-refractivity contribution < 1.29 is 17.4 Å². The highest BCUT2D eigenvalue weighted by Crippen LogP contribution is 2.59. The average Bonchev–Trinajstić information content (AvgIpc) is 3.13. The van der Waals surface area contributed by atoms with E-state index in [-0.39, 0.29) is 23.8 Å². The molecule has 0 aliphatic heterocycles. The topological polar surface area (TPSA) is 89.8 Å². The first-order valence-electron chi connectivity index (χ1n) is 11.3. The third kappa shape index (κ3) is 4.24. The van der Waals surface area contributed by atoms with Crippen molar-refractivity contribution in [2.75, 3.05) is 19.4 Å². The van der Waals surface area contributed by atoms with E-state index in [1.54, 1.807) is 4.40 Å². The summed E-state index contributed by atoms with van der Waals surface area (Å²) in [5, 5.41) is 3.24. The molecule has 1 amide bonds. The number of aromatic nitrogens is 2. The summed E-state index contributed by atoms with van der Waals surface area (Å²) >= 11 is 0. The monoisotopic (exact) mass is 445 g/mol. The molecule has 2 aromatic heterocycles. The molecule has 7 nitrogen and oxygen atoms in total. The predicted molar refractivity (Wildman–Crippen MR) is 117 cm³/mol. The Morgan fingerprint density at radius 1 is 1.23 bits per heavy atom. The summed E-state index contributed by atoms with van der Waals surface area (Å²) in [5.74, 6) is 2.29. The number of carbonyl (C=O) groups is 1. The van der Waals surface area contributed by atoms with Gasteiger partial charge < -0.3 is 5.32 Å². The minimum Gasteiger partial charge on any atom is -0.350 e. The van der Waals surface area contributed by atoms with E-state index in [1.165, 1.54) is 38.5 Å². The van der Waals surface area contributed by atoms with Crippen LogP contribution in [-0.4, -0.2) is 43.1 Å². The van der Waals surface area contributed by atoms with Gasteiger partial charge >= 0.3 is 0 Å². The Hall–Kier alpha value is -1.93. The lowest BCUT2D eigenvalue weighted by Crippen LogP contribution is -2.51. The van der Waals surface area contributed by atoms with Crippen molar-refractivity contribution >= 4 is 21.7 Å². The first kappa shape index (κ1) is 20.9. The minimum atomic E-state index is -3.50. The molecule has 0 saturated heterocycles. The molecule has 4 aliphatic rings. The fraction of sp³-hybridized carbons (Fsp3) is 0.652. The van der Waals surface area contributed by atoms with E-state index in [0.717, 1.165) is 30.6 Å². The lowest BCUT2D eigenvalue weighted by atomic mass is 9.49. The van der Waals surface area contributed by atoms with Crippen LogP contribution in [0.2, 0.25) is 0 Å². The average molecular weight is 446 g/mol. The Bertz CT molecular complexity index is 1070. The Balaban J connectivity index is 1.30. The van der Waals surface area contributed by atoms with E-state index >= 15 is 0 Å². The van der Waals surface area contributed by atoms with Gasteiger partial charge in [0.05, 0.1) is 18.6 Å². The van der Waals surface area contributed by atoms with Crippen molar-refractivity contribution in [2.24, 2.45) is 23.2 Å². The van der Waals surface area contributed by atoms with Gasteiger partial charge in [0.15, 0.2) is 0 Å². The molecule has 4 saturated carbocycles. The summed E-state index contributed by atoms with van der Waals surface area (Å²) in [5.41, 5.74) is 2.21. The second kappa shape index (κ2) is 7.59. The zero-order valence-electron chi connectivity index (χ0n) is 18.2. The number of amides is 1. The maximum absolute atomic E-state index is 13.1. The van der Waals surface area contributed by atoms with Gasteiger partial charge in [-0.15, -0.1) is 0 Å². The molecule has 1 atom stereocenters. The van der Waals surface area contributed by atoms with Crippen LogP contribution in [0.15, 0.2) is 24.4 Å². The molecule has 4 fully saturated rings. The zero-order valence-corrected chi connectivity index (χ0v) is 19.0. The Kier molecular flexibility index (Phi) is 5.13. The third-order valence-electron chi connectivity index (χ3n) is 7.57. The van der Waals surface area contributed by atoms with E-state index < -0.39 is 10.1 Å². The quantitative estimate of drug-likeness (QED) is 0.660. The maximum Gasteiger partial charge on any atom is 0.268 e. The van der Waals surface area contributed by atoms with Crippen molar-refractivity contribution in [1.82, 2.24) is 14.7 Å². The van der Waals surface area contributed by atoms with Gasteiger partial charge in [-0.25, -0.2) is 4.98 Å². The minimum absolute atomic E-state index is 0.0241. The van der Waals surface area contributed by atoms with Crippen LogP contribution in [0.4, 0.5) is 0 Å². The molecule has 2 aromatic rings. The first-order valence-corrected chi connectivity index (χ1v) is 13.1. The highest BCUT2D eigenvalue weighted by atomic mass is 32.2. The SMILES string of the molecule is CC(COS(C)(=O)=O)c1cn2c(C(=O)NCC34CC5CC(CC(C5)C3)C4)cccc2n1. The molecule has 0 spiro atoms. The number of imidazole rings is 1. The molecule has 168 valence electrons. The smallest absolute Gasteiger partial charge is 0.268 e. The molecule has 0 aromatic carbocycles. The molecule has 6 rings (SSSR count). The van der Waals surface area contributed by atoms with Gasteiger partial charge in [0.1, 0.15) is 11.3 Å². The van der Waals surface area contributed by atoms with E-state index in [2.05, 4.69) is 10.3 Å². The molecule has 2 heterocycles. The van der Waals surface area contributed by atoms with Crippen molar-refractivity contribution in [3.63, 3.8) is 0 Å². The molecular weight excluding hydrogens is 414 g/mol. The summed E-state index contributed by atoms with van der Waals surface area (Å²) in [4.78, 5) is 17.7. The van der Waals surface area contributed by atoms with Crippen molar-refractivity contribution in [1.29, 1.82) is 0 Å². The van der Waals surface area contributed by atoms with Gasteiger partial charge in [-0.2, -0.15) is 8.42 Å². The summed E-state index contributed by atoms with van der Waals surface area (Å²) in [7, 11) is -3.50. The van der Waals surface area contributed by atoms with Crippen molar-refractivity contribution in [3.05, 3.63) is 35.8 Å². The van der Waals surface area contributed by atoms with Crippen LogP contribution in [-0.2, 0) is 14.3 Å². The lowest BCUT2D eigenvalue weighted by Gasteiger charge is -2.56. The largest absolute Gasteiger partial charge is 0.350 e. The predicted octanol–water partition coefficient (Wildman–Crippen LogP) is 3.36. The number of pyridine rings is 1. The Morgan fingerprint density at radius 3 is 2.48 bits per heavy atom. The number of hydrogen-bond donors (Lipinski definition) is 1. The first-order chi connectivity index (χ1) is 14.7. The number of hydrogen-bond acceptors (Lipinski definition) is 5. The van der Waals surface area contributed by atoms with Gasteiger partial charge in [-0.3, -0.25) is 13.4 Å². The molecule has 1 unspecified atom stereocenters. The van der Waals surface area contributed by atoms with E-state index in [4.69, 9.17) is 4.18 Å². The highest BCUT2D eigenvalue weighted by molar-refractivity contribution is 7.85. The highest BCUT2D eigenvalue weighted by Gasteiger charge is 2.50. The van der Waals surface area contributed by atoms with Crippen LogP contribution in [0.1, 0.15) is 67.5 Å². The number of carbonyl (C=O) groups excluding carboxylic acids is 1. The molecule has 4 aliphatic carbocycles. The number of fused-ring (bicyclic) bond motifs is 1. The van der Waals surface area contributed by atoms with Gasteiger partial charge in [0.2, 0.25) is 0 Å². The van der Waals surface area contributed by atoms with Gasteiger partial charge in [-0.05, 0) is 73.8 Å². The molecule has 1 N–H and O–H groups in total. The number of nitrogens with one attached hydrogen (secondary N) is 1. The summed E-state index contributed by atoms with van der Waals surface area (Å²) in [6, 6.07) is 5.50. The summed E-state index contributed by atoms with van der Waals surface area (Å²) in [6.07, 6.45) is 10.8. The van der Waals surface area contributed by atoms with Crippen LogP contribution in [0.5, 0.6) is 0 Å². The van der Waals surface area contributed by atoms with Gasteiger partial charge in [0, 0.05) is 18.7 Å². The second-order valence-electron chi connectivity index (χ2n) is 10.3. The van der Waals surface area contributed by atoms with Gasteiger partial charge in [-0.1, -0.05) is 13.0 Å². The standard InChI is InChI=1S/C23H31N3O4S/c1-15(13-30-31(2,28)29)19-12-26-20(4-3-5-21(26)25-19)22(27)24-14-23-9-16-6-17(10-23)8-18(7-16)11-23/h3-5,12,15-18H,6-11,13-14H2,1-2H3,(H,24,27). The Morgan fingerprint density at radius 2 is 1.87 bits per heavy atom. The van der Waals surface area contributed by atoms with Crippen LogP contribution < -0.4 is 5.32 Å². The fourth-order valence-corrected chi connectivity index (χ4v) is 7.08. The molecule has 31 heavy (non-hydrogen) atoms. The van der Waals surface area contributed by atoms with Crippen LogP contribution in [0, 0.1) is 23.2 Å². The maximum atomic E-state index is 13.1. The van der Waals surface area contributed by atoms with Crippen molar-refractivity contribution in [3.8, 4) is 0 Å². The third-order valence-corrected chi connectivity index (χ3v) is 8.13. The zero-order chi connectivity index (χ0) is 21.8. The van der Waals surface area contributed by atoms with Crippen LogP contribution in [0.25, 0.3) is 5.65 Å². The van der Waals surface area contributed by atoms with E-state index in [1.807, 2.05) is 31.3 Å². The van der Waals surface area contributed by atoms with E-state index in [0.29, 0.717) is 17.0 Å². The van der Waals surface area contributed by atoms with Crippen LogP contribution >= 0.6 is 0 Å². The van der Waals surface area contributed by atoms with E-state index in [9.17, 15) is 13.2 Å². The molecular formula is C23H31N3O4S. The number of nitrogens with zero attached hydrogens (tertiary/aromatic N) is 2. The fourth-order valence-electron chi connectivity index (χ4n) is 6.63. The van der Waals surface area contributed by atoms with Gasteiger partial charge in [0.25, 0.3) is 16.0 Å². The molecule has 8 heteroatoms. The molecule has 4 bridgehead atoms. The molecule has 0 radical (unpaired) electrons. The second-order valence-corrected chi connectivity index (χ2v) is 11.9. The Labute approximate surface area is 183 Å². The number of rotatable bonds is 7. The van der Waals surface area contributed by atoms with Crippen LogP contribution in [0.3, 0.4) is 0 Å².